The zero-order valence-electron chi connectivity index (χ0n) is 17.6. The van der Waals surface area contributed by atoms with Gasteiger partial charge in [0, 0.05) is 41.7 Å². The third-order valence-electron chi connectivity index (χ3n) is 5.73. The molecule has 0 N–H and O–H groups in total. The molecule has 1 saturated heterocycles. The smallest absolute Gasteiger partial charge is 0.336 e. The van der Waals surface area contributed by atoms with Crippen LogP contribution >= 0.6 is 0 Å². The zero-order chi connectivity index (χ0) is 22.1. The summed E-state index contributed by atoms with van der Waals surface area (Å²) in [5, 5.41) is 0.660. The molecule has 0 unspecified atom stereocenters. The summed E-state index contributed by atoms with van der Waals surface area (Å²) in [6.45, 7) is 4.14. The fourth-order valence-corrected chi connectivity index (χ4v) is 3.85. The lowest BCUT2D eigenvalue weighted by Crippen LogP contribution is -2.27. The van der Waals surface area contributed by atoms with Gasteiger partial charge >= 0.3 is 11.6 Å². The molecule has 4 rings (SSSR count). The van der Waals surface area contributed by atoms with Gasteiger partial charge in [0.25, 0.3) is 0 Å². The molecule has 0 bridgehead atoms. The van der Waals surface area contributed by atoms with Gasteiger partial charge in [-0.3, -0.25) is 9.59 Å². The van der Waals surface area contributed by atoms with E-state index in [0.717, 1.165) is 16.8 Å². The Kier molecular flexibility index (Phi) is 5.50. The fourth-order valence-electron chi connectivity index (χ4n) is 3.85. The molecule has 3 aromatic rings. The number of benzene rings is 2. The van der Waals surface area contributed by atoms with Gasteiger partial charge in [0.1, 0.15) is 17.9 Å². The summed E-state index contributed by atoms with van der Waals surface area (Å²) in [5.74, 6) is -0.565. The van der Waals surface area contributed by atoms with E-state index in [2.05, 4.69) is 0 Å². The van der Waals surface area contributed by atoms with Gasteiger partial charge < -0.3 is 18.8 Å². The molecule has 1 atom stereocenters. The van der Waals surface area contributed by atoms with Crippen molar-refractivity contribution in [3.63, 3.8) is 0 Å². The van der Waals surface area contributed by atoms with Gasteiger partial charge in [-0.05, 0) is 43.2 Å². The molecule has 160 valence electrons. The van der Waals surface area contributed by atoms with E-state index in [1.807, 2.05) is 32.0 Å². The molecule has 0 aliphatic carbocycles. The van der Waals surface area contributed by atoms with Crippen molar-refractivity contribution in [2.45, 2.75) is 26.9 Å². The number of hydrogen-bond donors (Lipinski definition) is 0. The first-order valence-corrected chi connectivity index (χ1v) is 10.0. The molecular formula is C24H23NO6. The number of rotatable bonds is 5. The first kappa shape index (κ1) is 20.7. The molecular weight excluding hydrogens is 398 g/mol. The third kappa shape index (κ3) is 4.03. The van der Waals surface area contributed by atoms with Crippen LogP contribution in [0.3, 0.4) is 0 Å². The lowest BCUT2D eigenvalue weighted by Gasteiger charge is -2.20. The molecule has 2 aromatic carbocycles. The number of aryl methyl sites for hydroxylation is 1. The Bertz CT molecular complexity index is 1230. The molecule has 0 radical (unpaired) electrons. The van der Waals surface area contributed by atoms with Gasteiger partial charge in [0.05, 0.1) is 13.0 Å². The van der Waals surface area contributed by atoms with Crippen molar-refractivity contribution >= 4 is 28.5 Å². The van der Waals surface area contributed by atoms with Crippen LogP contribution in [0.25, 0.3) is 11.0 Å². The Balaban J connectivity index is 1.49. The molecule has 0 saturated carbocycles. The normalized spacial score (nSPS) is 16.0. The number of fused-ring (bicyclic) bond motifs is 1. The molecule has 7 heteroatoms. The fraction of sp³-hybridized carbons (Fsp3) is 0.292. The quantitative estimate of drug-likeness (QED) is 0.463. The molecule has 1 aliphatic rings. The number of ether oxygens (including phenoxy) is 2. The SMILES string of the molecule is COc1ccc2c(COC(=O)[C@H]3CC(=O)N(c4cccc(C)c4C)C3)cc(=O)oc2c1. The minimum absolute atomic E-state index is 0.0819. The van der Waals surface area contributed by atoms with Crippen LogP contribution in [0.15, 0.2) is 51.7 Å². The van der Waals surface area contributed by atoms with Crippen molar-refractivity contribution in [2.75, 3.05) is 18.6 Å². The van der Waals surface area contributed by atoms with Gasteiger partial charge in [0.2, 0.25) is 5.91 Å². The minimum Gasteiger partial charge on any atom is -0.497 e. The van der Waals surface area contributed by atoms with Crippen LogP contribution in [-0.2, 0) is 20.9 Å². The van der Waals surface area contributed by atoms with E-state index in [-0.39, 0.29) is 25.5 Å². The topological polar surface area (TPSA) is 86.0 Å². The largest absolute Gasteiger partial charge is 0.497 e. The highest BCUT2D eigenvalue weighted by molar-refractivity contribution is 6.00. The second kappa shape index (κ2) is 8.26. The molecule has 7 nitrogen and oxygen atoms in total. The molecule has 31 heavy (non-hydrogen) atoms. The lowest BCUT2D eigenvalue weighted by atomic mass is 10.1. The summed E-state index contributed by atoms with van der Waals surface area (Å²) < 4.78 is 15.9. The molecule has 1 fully saturated rings. The summed E-state index contributed by atoms with van der Waals surface area (Å²) in [4.78, 5) is 38.8. The molecule has 1 amide bonds. The van der Waals surface area contributed by atoms with E-state index in [1.165, 1.54) is 13.2 Å². The highest BCUT2D eigenvalue weighted by Gasteiger charge is 2.36. The van der Waals surface area contributed by atoms with E-state index in [4.69, 9.17) is 13.9 Å². The van der Waals surface area contributed by atoms with Crippen molar-refractivity contribution in [3.05, 3.63) is 69.6 Å². The van der Waals surface area contributed by atoms with Crippen molar-refractivity contribution < 1.29 is 23.5 Å². The number of amides is 1. The van der Waals surface area contributed by atoms with Crippen LogP contribution in [0.4, 0.5) is 5.69 Å². The molecule has 2 heterocycles. The van der Waals surface area contributed by atoms with Crippen LogP contribution in [0.5, 0.6) is 5.75 Å². The summed E-state index contributed by atoms with van der Waals surface area (Å²) in [5.41, 5.74) is 3.28. The summed E-state index contributed by atoms with van der Waals surface area (Å²) >= 11 is 0. The number of hydrogen-bond acceptors (Lipinski definition) is 6. The van der Waals surface area contributed by atoms with E-state index in [0.29, 0.717) is 22.3 Å². The van der Waals surface area contributed by atoms with Crippen LogP contribution < -0.4 is 15.3 Å². The second-order valence-electron chi connectivity index (χ2n) is 7.68. The van der Waals surface area contributed by atoms with Crippen molar-refractivity contribution in [2.24, 2.45) is 5.92 Å². The summed E-state index contributed by atoms with van der Waals surface area (Å²) in [6, 6.07) is 12.2. The Morgan fingerprint density at radius 1 is 1.16 bits per heavy atom. The van der Waals surface area contributed by atoms with Gasteiger partial charge in [-0.15, -0.1) is 0 Å². The predicted octanol–water partition coefficient (Wildman–Crippen LogP) is 3.51. The Labute approximate surface area is 179 Å². The Hall–Kier alpha value is -3.61. The van der Waals surface area contributed by atoms with Crippen LogP contribution in [0.1, 0.15) is 23.1 Å². The average Bonchev–Trinajstić information content (AvgIpc) is 3.14. The predicted molar refractivity (Wildman–Crippen MR) is 115 cm³/mol. The van der Waals surface area contributed by atoms with Gasteiger partial charge in [0.15, 0.2) is 0 Å². The van der Waals surface area contributed by atoms with E-state index < -0.39 is 17.5 Å². The van der Waals surface area contributed by atoms with E-state index >= 15 is 0 Å². The molecule has 1 aromatic heterocycles. The molecule has 1 aliphatic heterocycles. The standard InChI is InChI=1S/C24H23NO6/c1-14-5-4-6-20(15(14)2)25-12-16(9-22(25)26)24(28)30-13-17-10-23(27)31-21-11-18(29-3)7-8-19(17)21/h4-8,10-11,16H,9,12-13H2,1-3H3/t16-/m0/s1. The van der Waals surface area contributed by atoms with E-state index in [9.17, 15) is 14.4 Å². The van der Waals surface area contributed by atoms with Crippen molar-refractivity contribution in [3.8, 4) is 5.75 Å². The highest BCUT2D eigenvalue weighted by Crippen LogP contribution is 2.30. The number of carbonyl (C=O) groups excluding carboxylic acids is 2. The Morgan fingerprint density at radius 3 is 2.74 bits per heavy atom. The monoisotopic (exact) mass is 421 g/mol. The maximum Gasteiger partial charge on any atom is 0.336 e. The highest BCUT2D eigenvalue weighted by atomic mass is 16.5. The molecule has 0 spiro atoms. The van der Waals surface area contributed by atoms with E-state index in [1.54, 1.807) is 23.1 Å². The lowest BCUT2D eigenvalue weighted by molar-refractivity contribution is -0.149. The second-order valence-corrected chi connectivity index (χ2v) is 7.68. The number of methoxy groups -OCH3 is 1. The number of anilines is 1. The summed E-state index contributed by atoms with van der Waals surface area (Å²) in [7, 11) is 1.52. The van der Waals surface area contributed by atoms with Crippen LogP contribution in [0, 0.1) is 19.8 Å². The number of esters is 1. The average molecular weight is 421 g/mol. The minimum atomic E-state index is -0.557. The van der Waals surface area contributed by atoms with Gasteiger partial charge in [-0.1, -0.05) is 12.1 Å². The van der Waals surface area contributed by atoms with Crippen LogP contribution in [0.2, 0.25) is 0 Å². The van der Waals surface area contributed by atoms with Crippen LogP contribution in [-0.4, -0.2) is 25.5 Å². The zero-order valence-corrected chi connectivity index (χ0v) is 17.6. The maximum absolute atomic E-state index is 12.7. The van der Waals surface area contributed by atoms with Gasteiger partial charge in [-0.25, -0.2) is 4.79 Å². The first-order chi connectivity index (χ1) is 14.9. The third-order valence-corrected chi connectivity index (χ3v) is 5.73. The maximum atomic E-state index is 12.7. The van der Waals surface area contributed by atoms with Crippen molar-refractivity contribution in [1.29, 1.82) is 0 Å². The summed E-state index contributed by atoms with van der Waals surface area (Å²) in [6.07, 6.45) is 0.0983. The number of nitrogens with zero attached hydrogens (tertiary/aromatic N) is 1. The first-order valence-electron chi connectivity index (χ1n) is 10.0. The number of carbonyl (C=O) groups is 2. The van der Waals surface area contributed by atoms with Crippen molar-refractivity contribution in [1.82, 2.24) is 0 Å². The van der Waals surface area contributed by atoms with Gasteiger partial charge in [-0.2, -0.15) is 0 Å². The Morgan fingerprint density at radius 2 is 1.97 bits per heavy atom.